The number of hydrogen-bond donors (Lipinski definition) is 0. The fourth-order valence-electron chi connectivity index (χ4n) is 1.87. The minimum Gasteiger partial charge on any atom is -0.353 e. The van der Waals surface area contributed by atoms with Crippen molar-refractivity contribution in [1.82, 2.24) is 0 Å². The highest BCUT2D eigenvalue weighted by Gasteiger charge is 2.32. The maximum absolute atomic E-state index is 11.9. The third-order valence-corrected chi connectivity index (χ3v) is 2.75. The molecule has 4 heteroatoms. The molecule has 3 nitrogen and oxygen atoms in total. The summed E-state index contributed by atoms with van der Waals surface area (Å²) in [5.74, 6) is 0.369. The van der Waals surface area contributed by atoms with Crippen molar-refractivity contribution in [3.05, 3.63) is 42.0 Å². The third-order valence-electron chi connectivity index (χ3n) is 2.60. The summed E-state index contributed by atoms with van der Waals surface area (Å²) in [6, 6.07) is 9.49. The van der Waals surface area contributed by atoms with Gasteiger partial charge in [-0.05, 0) is 24.6 Å². The van der Waals surface area contributed by atoms with E-state index in [0.29, 0.717) is 12.5 Å². The lowest BCUT2D eigenvalue weighted by Crippen LogP contribution is -2.37. The summed E-state index contributed by atoms with van der Waals surface area (Å²) < 4.78 is 5.61. The number of nitrogens with zero attached hydrogens (tertiary/aromatic N) is 1. The van der Waals surface area contributed by atoms with Crippen molar-refractivity contribution in [2.45, 2.75) is 13.2 Å². The third kappa shape index (κ3) is 2.51. The molecule has 1 aromatic carbocycles. The SMILES string of the molecule is CC1=CC(=O)N(c2ccccc2)C1OCCCl. The molecule has 0 radical (unpaired) electrons. The molecule has 0 fully saturated rings. The van der Waals surface area contributed by atoms with Crippen LogP contribution in [0.2, 0.25) is 0 Å². The summed E-state index contributed by atoms with van der Waals surface area (Å²) in [7, 11) is 0. The van der Waals surface area contributed by atoms with Crippen molar-refractivity contribution < 1.29 is 9.53 Å². The first-order valence-electron chi connectivity index (χ1n) is 5.48. The van der Waals surface area contributed by atoms with Crippen LogP contribution in [0.4, 0.5) is 5.69 Å². The van der Waals surface area contributed by atoms with Crippen molar-refractivity contribution in [3.8, 4) is 0 Å². The topological polar surface area (TPSA) is 29.5 Å². The summed E-state index contributed by atoms with van der Waals surface area (Å²) in [6.45, 7) is 2.31. The van der Waals surface area contributed by atoms with Crippen molar-refractivity contribution in [2.75, 3.05) is 17.4 Å². The van der Waals surface area contributed by atoms with E-state index in [1.807, 2.05) is 37.3 Å². The zero-order valence-corrected chi connectivity index (χ0v) is 10.4. The number of alkyl halides is 1. The van der Waals surface area contributed by atoms with E-state index in [0.717, 1.165) is 11.3 Å². The molecule has 1 heterocycles. The molecule has 1 amide bonds. The van der Waals surface area contributed by atoms with Gasteiger partial charge in [-0.15, -0.1) is 11.6 Å². The van der Waals surface area contributed by atoms with Gasteiger partial charge in [-0.2, -0.15) is 0 Å². The van der Waals surface area contributed by atoms with Gasteiger partial charge in [0.1, 0.15) is 0 Å². The van der Waals surface area contributed by atoms with E-state index in [-0.39, 0.29) is 12.1 Å². The number of amides is 1. The Labute approximate surface area is 106 Å². The number of halogens is 1. The predicted molar refractivity (Wildman–Crippen MR) is 68.1 cm³/mol. The second-order valence-corrected chi connectivity index (χ2v) is 4.22. The van der Waals surface area contributed by atoms with E-state index in [1.165, 1.54) is 0 Å². The number of anilines is 1. The molecule has 2 rings (SSSR count). The van der Waals surface area contributed by atoms with Gasteiger partial charge in [-0.3, -0.25) is 9.69 Å². The zero-order valence-electron chi connectivity index (χ0n) is 9.60. The van der Waals surface area contributed by atoms with Gasteiger partial charge in [0, 0.05) is 17.6 Å². The summed E-state index contributed by atoms with van der Waals surface area (Å²) >= 11 is 5.61. The van der Waals surface area contributed by atoms with Crippen LogP contribution in [0.5, 0.6) is 0 Å². The molecule has 0 aliphatic carbocycles. The number of rotatable bonds is 4. The van der Waals surface area contributed by atoms with Crippen LogP contribution < -0.4 is 4.90 Å². The molecule has 0 aromatic heterocycles. The van der Waals surface area contributed by atoms with Crippen molar-refractivity contribution in [2.24, 2.45) is 0 Å². The van der Waals surface area contributed by atoms with E-state index in [4.69, 9.17) is 16.3 Å². The van der Waals surface area contributed by atoms with E-state index in [9.17, 15) is 4.79 Å². The fourth-order valence-corrected chi connectivity index (χ4v) is 1.96. The second kappa shape index (κ2) is 5.34. The van der Waals surface area contributed by atoms with Crippen LogP contribution in [-0.4, -0.2) is 24.6 Å². The standard InChI is InChI=1S/C13H14ClNO2/c1-10-9-12(16)15(13(10)17-8-7-14)11-5-3-2-4-6-11/h2-6,9,13H,7-8H2,1H3. The molecule has 1 atom stereocenters. The maximum Gasteiger partial charge on any atom is 0.253 e. The van der Waals surface area contributed by atoms with Gasteiger partial charge in [0.25, 0.3) is 5.91 Å². The average molecular weight is 252 g/mol. The molecular weight excluding hydrogens is 238 g/mol. The zero-order chi connectivity index (χ0) is 12.3. The van der Waals surface area contributed by atoms with Crippen LogP contribution in [0.15, 0.2) is 42.0 Å². The van der Waals surface area contributed by atoms with E-state index in [2.05, 4.69) is 0 Å². The first kappa shape index (κ1) is 12.1. The number of benzene rings is 1. The van der Waals surface area contributed by atoms with Crippen LogP contribution in [0.3, 0.4) is 0 Å². The Morgan fingerprint density at radius 3 is 2.71 bits per heavy atom. The Bertz CT molecular complexity index is 430. The van der Waals surface area contributed by atoms with Gasteiger partial charge >= 0.3 is 0 Å². The lowest BCUT2D eigenvalue weighted by atomic mass is 10.2. The summed E-state index contributed by atoms with van der Waals surface area (Å²) in [5.41, 5.74) is 1.74. The molecule has 1 aliphatic rings. The van der Waals surface area contributed by atoms with Crippen molar-refractivity contribution in [1.29, 1.82) is 0 Å². The monoisotopic (exact) mass is 251 g/mol. The Hall–Kier alpha value is -1.32. The number of carbonyl (C=O) groups excluding carboxylic acids is 1. The molecule has 1 aromatic rings. The van der Waals surface area contributed by atoms with Gasteiger partial charge in [0.2, 0.25) is 0 Å². The smallest absolute Gasteiger partial charge is 0.253 e. The molecule has 1 unspecified atom stereocenters. The molecule has 1 aliphatic heterocycles. The van der Waals surface area contributed by atoms with Crippen molar-refractivity contribution in [3.63, 3.8) is 0 Å². The molecular formula is C13H14ClNO2. The van der Waals surface area contributed by atoms with Crippen LogP contribution in [-0.2, 0) is 9.53 Å². The lowest BCUT2D eigenvalue weighted by molar-refractivity contribution is -0.115. The number of hydrogen-bond acceptors (Lipinski definition) is 2. The Morgan fingerprint density at radius 1 is 1.35 bits per heavy atom. The number of para-hydroxylation sites is 1. The van der Waals surface area contributed by atoms with E-state index < -0.39 is 0 Å². The van der Waals surface area contributed by atoms with Gasteiger partial charge in [0.15, 0.2) is 6.23 Å². The Morgan fingerprint density at radius 2 is 2.06 bits per heavy atom. The van der Waals surface area contributed by atoms with Crippen LogP contribution in [0, 0.1) is 0 Å². The molecule has 0 spiro atoms. The highest BCUT2D eigenvalue weighted by molar-refractivity contribution is 6.18. The van der Waals surface area contributed by atoms with E-state index in [1.54, 1.807) is 11.0 Å². The first-order valence-corrected chi connectivity index (χ1v) is 6.01. The van der Waals surface area contributed by atoms with E-state index >= 15 is 0 Å². The molecule has 0 N–H and O–H groups in total. The molecule has 17 heavy (non-hydrogen) atoms. The number of carbonyl (C=O) groups is 1. The van der Waals surface area contributed by atoms with Crippen molar-refractivity contribution >= 4 is 23.2 Å². The highest BCUT2D eigenvalue weighted by Crippen LogP contribution is 2.27. The summed E-state index contributed by atoms with van der Waals surface area (Å²) in [4.78, 5) is 13.5. The van der Waals surface area contributed by atoms with Crippen LogP contribution in [0.1, 0.15) is 6.92 Å². The largest absolute Gasteiger partial charge is 0.353 e. The van der Waals surface area contributed by atoms with Gasteiger partial charge in [-0.1, -0.05) is 18.2 Å². The summed E-state index contributed by atoms with van der Waals surface area (Å²) in [6.07, 6.45) is 1.27. The minimum absolute atomic E-state index is 0.0479. The van der Waals surface area contributed by atoms with Gasteiger partial charge in [0.05, 0.1) is 6.61 Å². The van der Waals surface area contributed by atoms with Gasteiger partial charge < -0.3 is 4.74 Å². The average Bonchev–Trinajstić information content (AvgIpc) is 2.62. The predicted octanol–water partition coefficient (Wildman–Crippen LogP) is 2.56. The molecule has 0 bridgehead atoms. The van der Waals surface area contributed by atoms with Gasteiger partial charge in [-0.25, -0.2) is 0 Å². The minimum atomic E-state index is -0.330. The quantitative estimate of drug-likeness (QED) is 0.770. The van der Waals surface area contributed by atoms with Crippen LogP contribution >= 0.6 is 11.6 Å². The molecule has 0 saturated heterocycles. The Kier molecular flexibility index (Phi) is 3.82. The second-order valence-electron chi connectivity index (χ2n) is 3.84. The highest BCUT2D eigenvalue weighted by atomic mass is 35.5. The first-order chi connectivity index (χ1) is 8.24. The maximum atomic E-state index is 11.9. The molecule has 90 valence electrons. The normalized spacial score (nSPS) is 19.6. The Balaban J connectivity index is 2.23. The lowest BCUT2D eigenvalue weighted by Gasteiger charge is -2.26. The number of ether oxygens (including phenoxy) is 1. The van der Waals surface area contributed by atoms with Crippen LogP contribution in [0.25, 0.3) is 0 Å². The fraction of sp³-hybridized carbons (Fsp3) is 0.308. The summed E-state index contributed by atoms with van der Waals surface area (Å²) in [5, 5.41) is 0. The molecule has 0 saturated carbocycles.